The van der Waals surface area contributed by atoms with E-state index in [1.807, 2.05) is 44.3 Å². The summed E-state index contributed by atoms with van der Waals surface area (Å²) in [6.45, 7) is 4.40. The molecule has 1 amide bonds. The molecule has 0 radical (unpaired) electrons. The highest BCUT2D eigenvalue weighted by Crippen LogP contribution is 2.19. The highest BCUT2D eigenvalue weighted by molar-refractivity contribution is 6.34. The lowest BCUT2D eigenvalue weighted by molar-refractivity contribution is 0.0946. The first-order valence-corrected chi connectivity index (χ1v) is 7.54. The monoisotopic (exact) mass is 320 g/mol. The van der Waals surface area contributed by atoms with Crippen molar-refractivity contribution in [2.45, 2.75) is 19.9 Å². The van der Waals surface area contributed by atoms with E-state index in [1.165, 1.54) is 0 Å². The van der Waals surface area contributed by atoms with Crippen LogP contribution in [-0.2, 0) is 7.05 Å². The number of carbonyl (C=O) groups is 1. The molecule has 0 fully saturated rings. The standard InChI is InChI=1S/C16H21ClN4O/c1-11(20(3)13-8-6-5-7-9-13)10-18-16(22)15-14(17)12(2)21(4)19-15/h5-9,11H,10H2,1-4H3,(H,18,22)/t11-/m1/s1. The summed E-state index contributed by atoms with van der Waals surface area (Å²) in [4.78, 5) is 14.3. The van der Waals surface area contributed by atoms with Gasteiger partial charge in [0.15, 0.2) is 5.69 Å². The van der Waals surface area contributed by atoms with Crippen molar-refractivity contribution in [1.29, 1.82) is 0 Å². The summed E-state index contributed by atoms with van der Waals surface area (Å²) in [6.07, 6.45) is 0. The number of aromatic nitrogens is 2. The van der Waals surface area contributed by atoms with E-state index >= 15 is 0 Å². The fourth-order valence-corrected chi connectivity index (χ4v) is 2.35. The normalized spacial score (nSPS) is 12.0. The van der Waals surface area contributed by atoms with E-state index in [-0.39, 0.29) is 17.6 Å². The summed E-state index contributed by atoms with van der Waals surface area (Å²) in [7, 11) is 3.77. The van der Waals surface area contributed by atoms with Gasteiger partial charge in [0.05, 0.1) is 10.7 Å². The molecule has 0 saturated carbocycles. The molecule has 2 aromatic rings. The first kappa shape index (κ1) is 16.4. The van der Waals surface area contributed by atoms with Gasteiger partial charge in [-0.15, -0.1) is 0 Å². The number of rotatable bonds is 5. The molecule has 1 aromatic carbocycles. The van der Waals surface area contributed by atoms with Crippen LogP contribution in [0.4, 0.5) is 5.69 Å². The first-order chi connectivity index (χ1) is 10.4. The minimum absolute atomic E-state index is 0.148. The number of carbonyl (C=O) groups excluding carboxylic acids is 1. The number of nitrogens with zero attached hydrogens (tertiary/aromatic N) is 3. The van der Waals surface area contributed by atoms with Crippen LogP contribution in [0.15, 0.2) is 30.3 Å². The van der Waals surface area contributed by atoms with Crippen LogP contribution in [0.5, 0.6) is 0 Å². The molecule has 0 saturated heterocycles. The van der Waals surface area contributed by atoms with Crippen LogP contribution >= 0.6 is 11.6 Å². The molecule has 0 spiro atoms. The summed E-state index contributed by atoms with van der Waals surface area (Å²) >= 11 is 6.13. The molecule has 1 heterocycles. The van der Waals surface area contributed by atoms with Crippen LogP contribution < -0.4 is 10.2 Å². The number of hydrogen-bond acceptors (Lipinski definition) is 3. The van der Waals surface area contributed by atoms with Gasteiger partial charge in [-0.25, -0.2) is 0 Å². The number of para-hydroxylation sites is 1. The second kappa shape index (κ2) is 6.83. The Morgan fingerprint density at radius 2 is 2.05 bits per heavy atom. The van der Waals surface area contributed by atoms with Crippen molar-refractivity contribution < 1.29 is 4.79 Å². The number of likely N-dealkylation sites (N-methyl/N-ethyl adjacent to an activating group) is 1. The van der Waals surface area contributed by atoms with E-state index in [9.17, 15) is 4.79 Å². The third-order valence-corrected chi connectivity index (χ3v) is 4.31. The third-order valence-electron chi connectivity index (χ3n) is 3.86. The van der Waals surface area contributed by atoms with Gasteiger partial charge in [0.2, 0.25) is 0 Å². The van der Waals surface area contributed by atoms with Gasteiger partial charge in [-0.3, -0.25) is 9.48 Å². The fourth-order valence-electron chi connectivity index (χ4n) is 2.11. The topological polar surface area (TPSA) is 50.2 Å². The lowest BCUT2D eigenvalue weighted by Gasteiger charge is -2.27. The van der Waals surface area contributed by atoms with Crippen molar-refractivity contribution in [1.82, 2.24) is 15.1 Å². The highest BCUT2D eigenvalue weighted by Gasteiger charge is 2.19. The van der Waals surface area contributed by atoms with E-state index < -0.39 is 0 Å². The minimum atomic E-state index is -0.248. The lowest BCUT2D eigenvalue weighted by atomic mass is 10.2. The van der Waals surface area contributed by atoms with Crippen LogP contribution in [0.25, 0.3) is 0 Å². The molecule has 0 aliphatic carbocycles. The highest BCUT2D eigenvalue weighted by atomic mass is 35.5. The van der Waals surface area contributed by atoms with Crippen molar-refractivity contribution in [2.75, 3.05) is 18.5 Å². The maximum absolute atomic E-state index is 12.2. The Bertz CT molecular complexity index is 654. The SMILES string of the molecule is Cc1c(Cl)c(C(=O)NC[C@@H](C)N(C)c2ccccc2)nn1C. The summed E-state index contributed by atoms with van der Waals surface area (Å²) in [5.41, 5.74) is 2.16. The zero-order valence-electron chi connectivity index (χ0n) is 13.3. The van der Waals surface area contributed by atoms with E-state index in [4.69, 9.17) is 11.6 Å². The Balaban J connectivity index is 1.97. The third kappa shape index (κ3) is 3.42. The van der Waals surface area contributed by atoms with Gasteiger partial charge in [-0.1, -0.05) is 29.8 Å². The molecule has 0 bridgehead atoms. The van der Waals surface area contributed by atoms with Gasteiger partial charge >= 0.3 is 0 Å². The van der Waals surface area contributed by atoms with E-state index in [1.54, 1.807) is 11.7 Å². The summed E-state index contributed by atoms with van der Waals surface area (Å²) < 4.78 is 1.61. The van der Waals surface area contributed by atoms with Gasteiger partial charge in [0.1, 0.15) is 0 Å². The number of amides is 1. The van der Waals surface area contributed by atoms with Crippen molar-refractivity contribution in [3.05, 3.63) is 46.7 Å². The average molecular weight is 321 g/mol. The average Bonchev–Trinajstić information content (AvgIpc) is 2.80. The largest absolute Gasteiger partial charge is 0.370 e. The zero-order chi connectivity index (χ0) is 16.3. The Hall–Kier alpha value is -2.01. The van der Waals surface area contributed by atoms with Gasteiger partial charge in [0, 0.05) is 32.4 Å². The predicted octanol–water partition coefficient (Wildman–Crippen LogP) is 2.64. The second-order valence-corrected chi connectivity index (χ2v) is 5.76. The first-order valence-electron chi connectivity index (χ1n) is 7.17. The van der Waals surface area contributed by atoms with E-state index in [2.05, 4.69) is 22.2 Å². The number of benzene rings is 1. The maximum atomic E-state index is 12.2. The maximum Gasteiger partial charge on any atom is 0.273 e. The fraction of sp³-hybridized carbons (Fsp3) is 0.375. The molecule has 6 heteroatoms. The molecule has 2 rings (SSSR count). The van der Waals surface area contributed by atoms with Crippen LogP contribution in [-0.4, -0.2) is 35.3 Å². The number of anilines is 1. The molecule has 1 N–H and O–H groups in total. The van der Waals surface area contributed by atoms with E-state index in [0.717, 1.165) is 11.4 Å². The Labute approximate surface area is 135 Å². The van der Waals surface area contributed by atoms with Crippen molar-refractivity contribution in [2.24, 2.45) is 7.05 Å². The van der Waals surface area contributed by atoms with E-state index in [0.29, 0.717) is 11.6 Å². The number of aryl methyl sites for hydroxylation is 1. The molecule has 118 valence electrons. The van der Waals surface area contributed by atoms with Gasteiger partial charge in [-0.2, -0.15) is 5.10 Å². The predicted molar refractivity (Wildman–Crippen MR) is 89.6 cm³/mol. The number of nitrogens with one attached hydrogen (secondary N) is 1. The summed E-state index contributed by atoms with van der Waals surface area (Å²) in [5, 5.41) is 7.45. The number of halogens is 1. The van der Waals surface area contributed by atoms with Crippen molar-refractivity contribution in [3.8, 4) is 0 Å². The number of hydrogen-bond donors (Lipinski definition) is 1. The molecule has 1 atom stereocenters. The van der Waals surface area contributed by atoms with Crippen LogP contribution in [0, 0.1) is 6.92 Å². The quantitative estimate of drug-likeness (QED) is 0.921. The Morgan fingerprint density at radius 3 is 2.59 bits per heavy atom. The molecular weight excluding hydrogens is 300 g/mol. The molecule has 0 unspecified atom stereocenters. The van der Waals surface area contributed by atoms with Crippen molar-refractivity contribution in [3.63, 3.8) is 0 Å². The lowest BCUT2D eigenvalue weighted by Crippen LogP contribution is -2.40. The summed E-state index contributed by atoms with van der Waals surface area (Å²) in [6, 6.07) is 10.2. The van der Waals surface area contributed by atoms with Crippen LogP contribution in [0.3, 0.4) is 0 Å². The van der Waals surface area contributed by atoms with Gasteiger partial charge < -0.3 is 10.2 Å². The molecule has 22 heavy (non-hydrogen) atoms. The zero-order valence-corrected chi connectivity index (χ0v) is 14.1. The summed E-state index contributed by atoms with van der Waals surface area (Å²) in [5.74, 6) is -0.248. The smallest absolute Gasteiger partial charge is 0.273 e. The van der Waals surface area contributed by atoms with Crippen molar-refractivity contribution >= 4 is 23.2 Å². The molecular formula is C16H21ClN4O. The van der Waals surface area contributed by atoms with Gasteiger partial charge in [-0.05, 0) is 26.0 Å². The Morgan fingerprint density at radius 1 is 1.41 bits per heavy atom. The Kier molecular flexibility index (Phi) is 5.08. The molecule has 0 aliphatic rings. The molecule has 1 aromatic heterocycles. The van der Waals surface area contributed by atoms with Gasteiger partial charge in [0.25, 0.3) is 5.91 Å². The molecule has 5 nitrogen and oxygen atoms in total. The van der Waals surface area contributed by atoms with Crippen LogP contribution in [0.2, 0.25) is 5.02 Å². The minimum Gasteiger partial charge on any atom is -0.370 e. The second-order valence-electron chi connectivity index (χ2n) is 5.38. The molecule has 0 aliphatic heterocycles. The van der Waals surface area contributed by atoms with Crippen LogP contribution in [0.1, 0.15) is 23.1 Å².